The van der Waals surface area contributed by atoms with Gasteiger partial charge in [-0.05, 0) is 73.6 Å². The van der Waals surface area contributed by atoms with Crippen molar-refractivity contribution in [1.29, 1.82) is 0 Å². The Labute approximate surface area is 215 Å². The number of hydrogen-bond donors (Lipinski definition) is 2. The van der Waals surface area contributed by atoms with Crippen LogP contribution in [0.25, 0.3) is 0 Å². The number of fused-ring (bicyclic) bond motifs is 2. The summed E-state index contributed by atoms with van der Waals surface area (Å²) in [5, 5.41) is 0. The van der Waals surface area contributed by atoms with Crippen molar-refractivity contribution in [2.45, 2.75) is 44.9 Å². The maximum atomic E-state index is 13.0. The number of benzene rings is 2. The van der Waals surface area contributed by atoms with Gasteiger partial charge in [-0.2, -0.15) is 0 Å². The van der Waals surface area contributed by atoms with Gasteiger partial charge in [0.2, 0.25) is 10.0 Å². The van der Waals surface area contributed by atoms with Gasteiger partial charge >= 0.3 is 0 Å². The molecule has 2 saturated carbocycles. The lowest BCUT2D eigenvalue weighted by Crippen LogP contribution is -2.43. The first kappa shape index (κ1) is 26.0. The molecule has 190 valence electrons. The van der Waals surface area contributed by atoms with Gasteiger partial charge in [-0.3, -0.25) is 14.2 Å². The summed E-state index contributed by atoms with van der Waals surface area (Å²) in [5.41, 5.74) is -0.658. The highest BCUT2D eigenvalue weighted by atomic mass is 79.9. The molecule has 0 amide bonds. The topological polar surface area (TPSA) is 119 Å². The van der Waals surface area contributed by atoms with E-state index in [0.29, 0.717) is 29.6 Å². The van der Waals surface area contributed by atoms with Crippen molar-refractivity contribution in [3.63, 3.8) is 0 Å². The minimum Gasteiger partial charge on any atom is -0.492 e. The average molecular weight is 586 g/mol. The second-order valence-corrected chi connectivity index (χ2v) is 14.0. The third-order valence-corrected chi connectivity index (χ3v) is 10.8. The second-order valence-electron chi connectivity index (χ2n) is 9.73. The van der Waals surface area contributed by atoms with Crippen LogP contribution in [0.4, 0.5) is 11.4 Å². The number of anilines is 2. The SMILES string of the molecule is CCOc1ccc(Br)cc1S(=O)(=O)Nc1ccc(NS(=O)(=O)C[C@]23CC[C@H](CC2=O)C3(C)C)cc1. The van der Waals surface area contributed by atoms with Gasteiger partial charge < -0.3 is 4.74 Å². The molecule has 0 unspecified atom stereocenters. The predicted octanol–water partition coefficient (Wildman–Crippen LogP) is 4.79. The van der Waals surface area contributed by atoms with Gasteiger partial charge in [0, 0.05) is 22.3 Å². The molecule has 2 N–H and O–H groups in total. The van der Waals surface area contributed by atoms with Crippen molar-refractivity contribution < 1.29 is 26.4 Å². The van der Waals surface area contributed by atoms with Crippen LogP contribution in [0.3, 0.4) is 0 Å². The number of sulfonamides is 2. The zero-order valence-corrected chi connectivity index (χ0v) is 23.0. The van der Waals surface area contributed by atoms with E-state index in [2.05, 4.69) is 25.4 Å². The standard InChI is InChI=1S/C24H29BrN2O6S2/c1-4-33-20-10-5-17(25)14-21(20)35(31,32)27-19-8-6-18(7-9-19)26-34(29,30)15-24-12-11-16(13-22(24)28)23(24,2)3/h5-10,14,16,26-27H,4,11-13,15H2,1-3H3/t16-,24-/m1/s1. The summed E-state index contributed by atoms with van der Waals surface area (Å²) in [6.45, 7) is 6.06. The second kappa shape index (κ2) is 9.08. The van der Waals surface area contributed by atoms with Crippen LogP contribution in [0.2, 0.25) is 0 Å². The molecular formula is C24H29BrN2O6S2. The Kier molecular flexibility index (Phi) is 6.74. The van der Waals surface area contributed by atoms with Gasteiger partial charge in [0.15, 0.2) is 0 Å². The Bertz CT molecular complexity index is 1360. The van der Waals surface area contributed by atoms with E-state index in [1.54, 1.807) is 19.1 Å². The maximum Gasteiger partial charge on any atom is 0.265 e. The molecule has 0 spiro atoms. The third-order valence-electron chi connectivity index (χ3n) is 7.48. The summed E-state index contributed by atoms with van der Waals surface area (Å²) < 4.78 is 63.0. The van der Waals surface area contributed by atoms with Gasteiger partial charge in [-0.15, -0.1) is 0 Å². The molecule has 8 nitrogen and oxygen atoms in total. The first-order valence-corrected chi connectivity index (χ1v) is 15.3. The minimum absolute atomic E-state index is 0.0172. The number of ether oxygens (including phenoxy) is 1. The molecule has 2 fully saturated rings. The Morgan fingerprint density at radius 1 is 1.03 bits per heavy atom. The maximum absolute atomic E-state index is 13.0. The van der Waals surface area contributed by atoms with Gasteiger partial charge in [0.1, 0.15) is 16.4 Å². The number of carbonyl (C=O) groups is 1. The highest BCUT2D eigenvalue weighted by Gasteiger charge is 2.65. The van der Waals surface area contributed by atoms with Crippen molar-refractivity contribution in [3.05, 3.63) is 46.9 Å². The number of rotatable bonds is 9. The summed E-state index contributed by atoms with van der Waals surface area (Å²) in [6.07, 6.45) is 1.90. The zero-order valence-electron chi connectivity index (χ0n) is 19.8. The van der Waals surface area contributed by atoms with Crippen LogP contribution in [0.1, 0.15) is 40.0 Å². The van der Waals surface area contributed by atoms with E-state index in [1.807, 2.05) is 13.8 Å². The molecule has 4 rings (SSSR count). The van der Waals surface area contributed by atoms with Crippen LogP contribution in [-0.2, 0) is 24.8 Å². The quantitative estimate of drug-likeness (QED) is 0.437. The lowest BCUT2D eigenvalue weighted by molar-refractivity contribution is -0.128. The van der Waals surface area contributed by atoms with Crippen molar-refractivity contribution in [2.24, 2.45) is 16.7 Å². The lowest BCUT2D eigenvalue weighted by Gasteiger charge is -2.36. The Morgan fingerprint density at radius 2 is 1.66 bits per heavy atom. The molecule has 2 bridgehead atoms. The normalized spacial score (nSPS) is 23.3. The molecule has 0 heterocycles. The van der Waals surface area contributed by atoms with Crippen LogP contribution >= 0.6 is 15.9 Å². The first-order valence-electron chi connectivity index (χ1n) is 11.4. The minimum atomic E-state index is -3.96. The van der Waals surface area contributed by atoms with E-state index < -0.39 is 25.5 Å². The summed E-state index contributed by atoms with van der Waals surface area (Å²) >= 11 is 3.28. The molecular weight excluding hydrogens is 556 g/mol. The van der Waals surface area contributed by atoms with E-state index in [1.165, 1.54) is 30.3 Å². The molecule has 35 heavy (non-hydrogen) atoms. The van der Waals surface area contributed by atoms with Crippen molar-refractivity contribution in [1.82, 2.24) is 0 Å². The summed E-state index contributed by atoms with van der Waals surface area (Å²) in [7, 11) is -7.76. The van der Waals surface area contributed by atoms with Crippen molar-refractivity contribution >= 4 is 53.1 Å². The van der Waals surface area contributed by atoms with Crippen molar-refractivity contribution in [3.8, 4) is 5.75 Å². The molecule has 0 saturated heterocycles. The van der Waals surface area contributed by atoms with Gasteiger partial charge in [0.25, 0.3) is 10.0 Å². The monoisotopic (exact) mass is 584 g/mol. The van der Waals surface area contributed by atoms with Gasteiger partial charge in [-0.1, -0.05) is 29.8 Å². The number of nitrogens with one attached hydrogen (secondary N) is 2. The largest absolute Gasteiger partial charge is 0.492 e. The number of Topliss-reactive ketones (excluding diaryl/α,β-unsaturated/α-hetero) is 1. The van der Waals surface area contributed by atoms with Crippen LogP contribution in [0.5, 0.6) is 5.75 Å². The van der Waals surface area contributed by atoms with Crippen LogP contribution in [-0.4, -0.2) is 35.0 Å². The molecule has 2 atom stereocenters. The summed E-state index contributed by atoms with van der Waals surface area (Å²) in [6, 6.07) is 10.6. The van der Waals surface area contributed by atoms with Gasteiger partial charge in [-0.25, -0.2) is 16.8 Å². The van der Waals surface area contributed by atoms with E-state index in [-0.39, 0.29) is 39.2 Å². The Morgan fingerprint density at radius 3 is 2.20 bits per heavy atom. The van der Waals surface area contributed by atoms with Crippen LogP contribution < -0.4 is 14.2 Å². The van der Waals surface area contributed by atoms with Crippen LogP contribution in [0.15, 0.2) is 51.8 Å². The number of ketones is 1. The lowest BCUT2D eigenvalue weighted by atomic mass is 9.70. The highest BCUT2D eigenvalue weighted by molar-refractivity contribution is 9.10. The fourth-order valence-corrected chi connectivity index (χ4v) is 9.07. The van der Waals surface area contributed by atoms with Crippen molar-refractivity contribution in [2.75, 3.05) is 21.8 Å². The van der Waals surface area contributed by atoms with Crippen LogP contribution in [0, 0.1) is 16.7 Å². The average Bonchev–Trinajstić information content (AvgIpc) is 3.10. The summed E-state index contributed by atoms with van der Waals surface area (Å²) in [4.78, 5) is 12.7. The van der Waals surface area contributed by atoms with E-state index in [4.69, 9.17) is 4.74 Å². The highest BCUT2D eigenvalue weighted by Crippen LogP contribution is 2.64. The third kappa shape index (κ3) is 4.82. The first-order chi connectivity index (χ1) is 16.3. The molecule has 0 aliphatic heterocycles. The Balaban J connectivity index is 1.49. The fourth-order valence-electron chi connectivity index (χ4n) is 5.43. The van der Waals surface area contributed by atoms with E-state index >= 15 is 0 Å². The molecule has 0 aromatic heterocycles. The number of halogens is 1. The summed E-state index contributed by atoms with van der Waals surface area (Å²) in [5.74, 6) is 0.240. The Hall–Kier alpha value is -2.11. The van der Waals surface area contributed by atoms with Gasteiger partial charge in [0.05, 0.1) is 17.8 Å². The van der Waals surface area contributed by atoms with E-state index in [9.17, 15) is 21.6 Å². The fraction of sp³-hybridized carbons (Fsp3) is 0.458. The zero-order chi connectivity index (χ0) is 25.6. The molecule has 2 aromatic rings. The number of carbonyl (C=O) groups excluding carboxylic acids is 1. The molecule has 2 aliphatic rings. The van der Waals surface area contributed by atoms with E-state index in [0.717, 1.165) is 6.42 Å². The predicted molar refractivity (Wildman–Crippen MR) is 139 cm³/mol. The molecule has 11 heteroatoms. The molecule has 2 aliphatic carbocycles. The number of hydrogen-bond acceptors (Lipinski definition) is 6. The molecule has 0 radical (unpaired) electrons. The molecule has 2 aromatic carbocycles. The smallest absolute Gasteiger partial charge is 0.265 e.